The molecule has 2 unspecified atom stereocenters. The molecule has 2 rings (SSSR count). The molecule has 0 saturated carbocycles. The SMILES string of the molecule is CC(CN(C)CC1CCN(C)C1)CN1CCNCC1. The van der Waals surface area contributed by atoms with E-state index in [2.05, 4.69) is 41.0 Å². The number of nitrogens with zero attached hydrogens (tertiary/aromatic N) is 3. The highest BCUT2D eigenvalue weighted by molar-refractivity contribution is 4.77. The highest BCUT2D eigenvalue weighted by atomic mass is 15.2. The third-order valence-electron chi connectivity index (χ3n) is 4.46. The van der Waals surface area contributed by atoms with Gasteiger partial charge < -0.3 is 20.0 Å². The molecule has 4 heteroatoms. The van der Waals surface area contributed by atoms with Crippen LogP contribution in [-0.2, 0) is 0 Å². The first-order valence-electron chi connectivity index (χ1n) is 7.93. The smallest absolute Gasteiger partial charge is 0.0107 e. The third-order valence-corrected chi connectivity index (χ3v) is 4.46. The fraction of sp³-hybridized carbons (Fsp3) is 1.00. The van der Waals surface area contributed by atoms with Crippen molar-refractivity contribution < 1.29 is 0 Å². The second kappa shape index (κ2) is 7.58. The standard InChI is InChI=1S/C15H32N4/c1-14(11-19-8-5-16-6-9-19)10-18(3)13-15-4-7-17(2)12-15/h14-16H,4-13H2,1-3H3. The second-order valence-electron chi connectivity index (χ2n) is 6.79. The molecule has 2 aliphatic rings. The predicted molar refractivity (Wildman–Crippen MR) is 81.6 cm³/mol. The fourth-order valence-electron chi connectivity index (χ4n) is 3.61. The lowest BCUT2D eigenvalue weighted by Crippen LogP contribution is -2.46. The third kappa shape index (κ3) is 5.38. The molecule has 0 radical (unpaired) electrons. The molecule has 4 nitrogen and oxygen atoms in total. The van der Waals surface area contributed by atoms with E-state index in [4.69, 9.17) is 0 Å². The molecule has 1 N–H and O–H groups in total. The average molecular weight is 268 g/mol. The minimum Gasteiger partial charge on any atom is -0.314 e. The van der Waals surface area contributed by atoms with Gasteiger partial charge in [-0.15, -0.1) is 0 Å². The second-order valence-corrected chi connectivity index (χ2v) is 6.79. The summed E-state index contributed by atoms with van der Waals surface area (Å²) in [6, 6.07) is 0. The lowest BCUT2D eigenvalue weighted by molar-refractivity contribution is 0.175. The topological polar surface area (TPSA) is 21.8 Å². The van der Waals surface area contributed by atoms with Crippen molar-refractivity contribution in [2.75, 3.05) is 73.0 Å². The first-order chi connectivity index (χ1) is 9.13. The molecular formula is C15H32N4. The molecule has 0 aromatic rings. The minimum atomic E-state index is 0.780. The van der Waals surface area contributed by atoms with E-state index >= 15 is 0 Å². The molecule has 19 heavy (non-hydrogen) atoms. The molecule has 2 atom stereocenters. The van der Waals surface area contributed by atoms with Gasteiger partial charge in [0.2, 0.25) is 0 Å². The van der Waals surface area contributed by atoms with Crippen LogP contribution in [0.15, 0.2) is 0 Å². The summed E-state index contributed by atoms with van der Waals surface area (Å²) in [5, 5.41) is 3.42. The summed E-state index contributed by atoms with van der Waals surface area (Å²) in [6.45, 7) is 13.5. The van der Waals surface area contributed by atoms with Crippen LogP contribution in [0.3, 0.4) is 0 Å². The predicted octanol–water partition coefficient (Wildman–Crippen LogP) is 0.411. The minimum absolute atomic E-state index is 0.780. The molecular weight excluding hydrogens is 236 g/mol. The molecule has 112 valence electrons. The molecule has 2 heterocycles. The van der Waals surface area contributed by atoms with Gasteiger partial charge in [0.15, 0.2) is 0 Å². The summed E-state index contributed by atoms with van der Waals surface area (Å²) in [5.41, 5.74) is 0. The van der Waals surface area contributed by atoms with Crippen molar-refractivity contribution in [2.45, 2.75) is 13.3 Å². The van der Waals surface area contributed by atoms with Crippen LogP contribution in [0.4, 0.5) is 0 Å². The average Bonchev–Trinajstić information content (AvgIpc) is 2.75. The Hall–Kier alpha value is -0.160. The maximum Gasteiger partial charge on any atom is 0.0107 e. The number of likely N-dealkylation sites (tertiary alicyclic amines) is 1. The molecule has 0 aromatic carbocycles. The first kappa shape index (κ1) is 15.2. The monoisotopic (exact) mass is 268 g/mol. The van der Waals surface area contributed by atoms with Crippen LogP contribution in [0.5, 0.6) is 0 Å². The summed E-state index contributed by atoms with van der Waals surface area (Å²) in [4.78, 5) is 7.62. The maximum atomic E-state index is 3.42. The molecule has 0 aromatic heterocycles. The van der Waals surface area contributed by atoms with Gasteiger partial charge in [0.05, 0.1) is 0 Å². The van der Waals surface area contributed by atoms with Crippen LogP contribution >= 0.6 is 0 Å². The van der Waals surface area contributed by atoms with Crippen LogP contribution in [0, 0.1) is 11.8 Å². The van der Waals surface area contributed by atoms with E-state index in [1.807, 2.05) is 0 Å². The molecule has 2 aliphatic heterocycles. The van der Waals surface area contributed by atoms with Crippen molar-refractivity contribution in [1.82, 2.24) is 20.0 Å². The Kier molecular flexibility index (Phi) is 6.07. The molecule has 0 amide bonds. The van der Waals surface area contributed by atoms with Crippen LogP contribution in [0.25, 0.3) is 0 Å². The zero-order chi connectivity index (χ0) is 13.7. The van der Waals surface area contributed by atoms with Crippen molar-refractivity contribution >= 4 is 0 Å². The number of nitrogens with one attached hydrogen (secondary N) is 1. The van der Waals surface area contributed by atoms with E-state index in [1.54, 1.807) is 0 Å². The van der Waals surface area contributed by atoms with Gasteiger partial charge in [0, 0.05) is 52.4 Å². The van der Waals surface area contributed by atoms with Gasteiger partial charge in [-0.3, -0.25) is 0 Å². The Morgan fingerprint density at radius 2 is 2.00 bits per heavy atom. The molecule has 2 saturated heterocycles. The Morgan fingerprint density at radius 1 is 1.26 bits per heavy atom. The lowest BCUT2D eigenvalue weighted by atomic mass is 10.1. The number of hydrogen-bond acceptors (Lipinski definition) is 4. The Balaban J connectivity index is 1.62. The Morgan fingerprint density at radius 3 is 2.63 bits per heavy atom. The van der Waals surface area contributed by atoms with Gasteiger partial charge in [-0.1, -0.05) is 6.92 Å². The van der Waals surface area contributed by atoms with Crippen LogP contribution in [-0.4, -0.2) is 87.7 Å². The van der Waals surface area contributed by atoms with E-state index in [-0.39, 0.29) is 0 Å². The Bertz CT molecular complexity index is 242. The first-order valence-corrected chi connectivity index (χ1v) is 7.93. The van der Waals surface area contributed by atoms with Gasteiger partial charge in [0.1, 0.15) is 0 Å². The summed E-state index contributed by atoms with van der Waals surface area (Å²) < 4.78 is 0. The molecule has 2 fully saturated rings. The zero-order valence-electron chi connectivity index (χ0n) is 13.1. The number of rotatable bonds is 6. The van der Waals surface area contributed by atoms with Gasteiger partial charge in [-0.05, 0) is 38.9 Å². The summed E-state index contributed by atoms with van der Waals surface area (Å²) >= 11 is 0. The molecule has 0 bridgehead atoms. The fourth-order valence-corrected chi connectivity index (χ4v) is 3.61. The highest BCUT2D eigenvalue weighted by Gasteiger charge is 2.21. The molecule has 0 aliphatic carbocycles. The van der Waals surface area contributed by atoms with E-state index in [9.17, 15) is 0 Å². The van der Waals surface area contributed by atoms with Crippen LogP contribution in [0.2, 0.25) is 0 Å². The van der Waals surface area contributed by atoms with Crippen LogP contribution in [0.1, 0.15) is 13.3 Å². The Labute approximate surface area is 119 Å². The van der Waals surface area contributed by atoms with E-state index in [0.29, 0.717) is 0 Å². The van der Waals surface area contributed by atoms with E-state index < -0.39 is 0 Å². The highest BCUT2D eigenvalue weighted by Crippen LogP contribution is 2.15. The number of hydrogen-bond donors (Lipinski definition) is 1. The van der Waals surface area contributed by atoms with Gasteiger partial charge in [-0.25, -0.2) is 0 Å². The van der Waals surface area contributed by atoms with Gasteiger partial charge >= 0.3 is 0 Å². The summed E-state index contributed by atoms with van der Waals surface area (Å²) in [5.74, 6) is 1.67. The van der Waals surface area contributed by atoms with Gasteiger partial charge in [-0.2, -0.15) is 0 Å². The van der Waals surface area contributed by atoms with Crippen molar-refractivity contribution in [3.05, 3.63) is 0 Å². The van der Waals surface area contributed by atoms with Crippen molar-refractivity contribution in [3.63, 3.8) is 0 Å². The normalized spacial score (nSPS) is 28.1. The van der Waals surface area contributed by atoms with Crippen molar-refractivity contribution in [2.24, 2.45) is 11.8 Å². The van der Waals surface area contributed by atoms with Gasteiger partial charge in [0.25, 0.3) is 0 Å². The zero-order valence-corrected chi connectivity index (χ0v) is 13.1. The quantitative estimate of drug-likeness (QED) is 0.753. The number of piperazine rings is 1. The summed E-state index contributed by atoms with van der Waals surface area (Å²) in [6.07, 6.45) is 1.38. The lowest BCUT2D eigenvalue weighted by Gasteiger charge is -2.31. The maximum absolute atomic E-state index is 3.42. The molecule has 0 spiro atoms. The largest absolute Gasteiger partial charge is 0.314 e. The van der Waals surface area contributed by atoms with E-state index in [0.717, 1.165) is 24.9 Å². The van der Waals surface area contributed by atoms with Crippen LogP contribution < -0.4 is 5.32 Å². The van der Waals surface area contributed by atoms with Crippen molar-refractivity contribution in [3.8, 4) is 0 Å². The van der Waals surface area contributed by atoms with Crippen molar-refractivity contribution in [1.29, 1.82) is 0 Å². The van der Waals surface area contributed by atoms with E-state index in [1.165, 1.54) is 52.2 Å². The summed E-state index contributed by atoms with van der Waals surface area (Å²) in [7, 11) is 4.54.